The highest BCUT2D eigenvalue weighted by molar-refractivity contribution is 6.29. The Morgan fingerprint density at radius 1 is 1.21 bits per heavy atom. The Balaban J connectivity index is 2.33. The van der Waals surface area contributed by atoms with Gasteiger partial charge in [-0.3, -0.25) is 0 Å². The maximum absolute atomic E-state index is 6.01. The molecule has 1 aromatic carbocycles. The molecule has 3 nitrogen and oxygen atoms in total. The normalized spacial score (nSPS) is 10.8. The molecule has 19 heavy (non-hydrogen) atoms. The van der Waals surface area contributed by atoms with Crippen molar-refractivity contribution in [3.05, 3.63) is 46.9 Å². The average molecular weight is 276 g/mol. The van der Waals surface area contributed by atoms with Crippen LogP contribution in [-0.4, -0.2) is 9.97 Å². The van der Waals surface area contributed by atoms with Crippen molar-refractivity contribution in [3.63, 3.8) is 0 Å². The Morgan fingerprint density at radius 3 is 2.63 bits per heavy atom. The first-order chi connectivity index (χ1) is 9.10. The van der Waals surface area contributed by atoms with Gasteiger partial charge in [0, 0.05) is 18.2 Å². The molecule has 2 rings (SSSR count). The molecular formula is C15H18ClN3. The van der Waals surface area contributed by atoms with Crippen LogP contribution in [-0.2, 0) is 6.42 Å². The number of benzene rings is 1. The summed E-state index contributed by atoms with van der Waals surface area (Å²) in [7, 11) is 0. The minimum atomic E-state index is 0.451. The van der Waals surface area contributed by atoms with Crippen LogP contribution < -0.4 is 5.32 Å². The zero-order valence-electron chi connectivity index (χ0n) is 11.4. The summed E-state index contributed by atoms with van der Waals surface area (Å²) in [6.07, 6.45) is 0.765. The average Bonchev–Trinajstić information content (AvgIpc) is 2.38. The van der Waals surface area contributed by atoms with Crippen LogP contribution in [0.25, 0.3) is 0 Å². The topological polar surface area (TPSA) is 37.8 Å². The molecule has 1 N–H and O–H groups in total. The first-order valence-corrected chi connectivity index (χ1v) is 6.87. The van der Waals surface area contributed by atoms with E-state index in [1.165, 1.54) is 5.56 Å². The summed E-state index contributed by atoms with van der Waals surface area (Å²) in [5, 5.41) is 3.80. The van der Waals surface area contributed by atoms with Crippen molar-refractivity contribution >= 4 is 23.1 Å². The lowest BCUT2D eigenvalue weighted by Gasteiger charge is -2.14. The summed E-state index contributed by atoms with van der Waals surface area (Å²) in [4.78, 5) is 8.61. The second kappa shape index (κ2) is 6.02. The number of hydrogen-bond acceptors (Lipinski definition) is 3. The van der Waals surface area contributed by atoms with Crippen molar-refractivity contribution in [2.45, 2.75) is 33.1 Å². The van der Waals surface area contributed by atoms with Gasteiger partial charge in [-0.25, -0.2) is 9.97 Å². The molecule has 0 saturated heterocycles. The van der Waals surface area contributed by atoms with Crippen LogP contribution in [0.3, 0.4) is 0 Å². The van der Waals surface area contributed by atoms with E-state index in [0.29, 0.717) is 11.1 Å². The molecule has 0 aliphatic rings. The number of rotatable bonds is 4. The highest BCUT2D eigenvalue weighted by Gasteiger charge is 2.08. The van der Waals surface area contributed by atoms with Crippen molar-refractivity contribution in [2.24, 2.45) is 0 Å². The van der Waals surface area contributed by atoms with E-state index < -0.39 is 0 Å². The Labute approximate surface area is 119 Å². The fourth-order valence-electron chi connectivity index (χ4n) is 1.94. The second-order valence-corrected chi connectivity index (χ2v) is 5.10. The second-order valence-electron chi connectivity index (χ2n) is 4.71. The maximum atomic E-state index is 6.01. The van der Waals surface area contributed by atoms with Crippen molar-refractivity contribution in [1.82, 2.24) is 9.97 Å². The third-order valence-corrected chi connectivity index (χ3v) is 3.10. The summed E-state index contributed by atoms with van der Waals surface area (Å²) in [5.74, 6) is 1.94. The zero-order chi connectivity index (χ0) is 13.8. The predicted octanol–water partition coefficient (Wildman–Crippen LogP) is 4.56. The van der Waals surface area contributed by atoms with E-state index in [4.69, 9.17) is 11.6 Å². The molecule has 0 spiro atoms. The van der Waals surface area contributed by atoms with E-state index in [0.717, 1.165) is 23.8 Å². The maximum Gasteiger partial charge on any atom is 0.135 e. The number of hydrogen-bond donors (Lipinski definition) is 1. The van der Waals surface area contributed by atoms with Crippen molar-refractivity contribution in [2.75, 3.05) is 5.32 Å². The zero-order valence-corrected chi connectivity index (χ0v) is 12.2. The highest BCUT2D eigenvalue weighted by Crippen LogP contribution is 2.26. The molecule has 0 bridgehead atoms. The van der Waals surface area contributed by atoms with Crippen LogP contribution in [0.15, 0.2) is 30.3 Å². The fourth-order valence-corrected chi connectivity index (χ4v) is 2.14. The van der Waals surface area contributed by atoms with Gasteiger partial charge in [-0.2, -0.15) is 0 Å². The van der Waals surface area contributed by atoms with E-state index >= 15 is 0 Å². The van der Waals surface area contributed by atoms with Crippen LogP contribution in [0.4, 0.5) is 11.5 Å². The van der Waals surface area contributed by atoms with Crippen molar-refractivity contribution in [1.29, 1.82) is 0 Å². The summed E-state index contributed by atoms with van der Waals surface area (Å²) >= 11 is 6.01. The molecule has 0 aliphatic carbocycles. The number of nitrogens with zero attached hydrogens (tertiary/aromatic N) is 2. The number of halogens is 1. The molecule has 100 valence electrons. The molecule has 0 aliphatic heterocycles. The van der Waals surface area contributed by atoms with Gasteiger partial charge in [0.15, 0.2) is 0 Å². The Kier molecular flexibility index (Phi) is 4.38. The van der Waals surface area contributed by atoms with Gasteiger partial charge in [-0.05, 0) is 17.5 Å². The third-order valence-electron chi connectivity index (χ3n) is 2.90. The van der Waals surface area contributed by atoms with Gasteiger partial charge >= 0.3 is 0 Å². The predicted molar refractivity (Wildman–Crippen MR) is 80.2 cm³/mol. The standard InChI is InChI=1S/C15H18ClN3/c1-4-14-18-13(16)9-15(19-14)17-12-8-6-5-7-11(12)10(2)3/h5-10H,4H2,1-3H3,(H,17,18,19). The number of aromatic nitrogens is 2. The molecular weight excluding hydrogens is 258 g/mol. The molecule has 0 radical (unpaired) electrons. The van der Waals surface area contributed by atoms with Gasteiger partial charge in [0.05, 0.1) is 0 Å². The van der Waals surface area contributed by atoms with Gasteiger partial charge in [0.1, 0.15) is 16.8 Å². The Morgan fingerprint density at radius 2 is 1.95 bits per heavy atom. The van der Waals surface area contributed by atoms with Crippen molar-refractivity contribution < 1.29 is 0 Å². The van der Waals surface area contributed by atoms with Gasteiger partial charge in [-0.15, -0.1) is 0 Å². The van der Waals surface area contributed by atoms with Crippen LogP contribution in [0.1, 0.15) is 38.1 Å². The van der Waals surface area contributed by atoms with E-state index in [1.807, 2.05) is 19.1 Å². The fraction of sp³-hybridized carbons (Fsp3) is 0.333. The minimum absolute atomic E-state index is 0.451. The molecule has 1 aromatic heterocycles. The van der Waals surface area contributed by atoms with Crippen LogP contribution >= 0.6 is 11.6 Å². The molecule has 4 heteroatoms. The Bertz CT molecular complexity index is 567. The molecule has 0 saturated carbocycles. The smallest absolute Gasteiger partial charge is 0.135 e. The number of aryl methyl sites for hydroxylation is 1. The molecule has 0 amide bonds. The largest absolute Gasteiger partial charge is 0.340 e. The number of anilines is 2. The SMILES string of the molecule is CCc1nc(Cl)cc(Nc2ccccc2C(C)C)n1. The van der Waals surface area contributed by atoms with E-state index in [-0.39, 0.29) is 0 Å². The number of nitrogens with one attached hydrogen (secondary N) is 1. The first kappa shape index (κ1) is 13.8. The van der Waals surface area contributed by atoms with E-state index in [1.54, 1.807) is 6.07 Å². The quantitative estimate of drug-likeness (QED) is 0.831. The van der Waals surface area contributed by atoms with Crippen LogP contribution in [0.5, 0.6) is 0 Å². The molecule has 2 aromatic rings. The number of para-hydroxylation sites is 1. The van der Waals surface area contributed by atoms with Gasteiger partial charge in [0.25, 0.3) is 0 Å². The van der Waals surface area contributed by atoms with Gasteiger partial charge < -0.3 is 5.32 Å². The van der Waals surface area contributed by atoms with Gasteiger partial charge in [-0.1, -0.05) is 50.6 Å². The van der Waals surface area contributed by atoms with Crippen LogP contribution in [0.2, 0.25) is 5.15 Å². The van der Waals surface area contributed by atoms with Gasteiger partial charge in [0.2, 0.25) is 0 Å². The Hall–Kier alpha value is -1.61. The van der Waals surface area contributed by atoms with E-state index in [2.05, 4.69) is 41.3 Å². The molecule has 1 heterocycles. The summed E-state index contributed by atoms with van der Waals surface area (Å²) in [5.41, 5.74) is 2.32. The monoisotopic (exact) mass is 275 g/mol. The first-order valence-electron chi connectivity index (χ1n) is 6.49. The molecule has 0 unspecified atom stereocenters. The molecule has 0 fully saturated rings. The third kappa shape index (κ3) is 3.44. The highest BCUT2D eigenvalue weighted by atomic mass is 35.5. The lowest BCUT2D eigenvalue weighted by molar-refractivity contribution is 0.868. The summed E-state index contributed by atoms with van der Waals surface area (Å²) in [6.45, 7) is 6.35. The van der Waals surface area contributed by atoms with Crippen LogP contribution in [0, 0.1) is 0 Å². The lowest BCUT2D eigenvalue weighted by atomic mass is 10.0. The van der Waals surface area contributed by atoms with Crippen molar-refractivity contribution in [3.8, 4) is 0 Å². The summed E-state index contributed by atoms with van der Waals surface area (Å²) in [6, 6.07) is 9.98. The molecule has 0 atom stereocenters. The minimum Gasteiger partial charge on any atom is -0.340 e. The summed E-state index contributed by atoms with van der Waals surface area (Å²) < 4.78 is 0. The lowest BCUT2D eigenvalue weighted by Crippen LogP contribution is -2.02. The van der Waals surface area contributed by atoms with E-state index in [9.17, 15) is 0 Å².